The molecule has 5 nitrogen and oxygen atoms in total. The highest BCUT2D eigenvalue weighted by molar-refractivity contribution is 9.10. The number of rotatable bonds is 4. The Balaban J connectivity index is 1.22. The van der Waals surface area contributed by atoms with Crippen LogP contribution in [0.5, 0.6) is 0 Å². The van der Waals surface area contributed by atoms with Crippen LogP contribution in [-0.2, 0) is 0 Å². The molecule has 0 atom stereocenters. The maximum absolute atomic E-state index is 6.20. The number of hydrogen-bond acceptors (Lipinski definition) is 5. The largest absolute Gasteiger partial charge is 0.456 e. The van der Waals surface area contributed by atoms with Crippen molar-refractivity contribution in [3.63, 3.8) is 0 Å². The Morgan fingerprint density at radius 1 is 0.500 bits per heavy atom. The second-order valence-electron chi connectivity index (χ2n) is 12.9. The van der Waals surface area contributed by atoms with Gasteiger partial charge in [0.15, 0.2) is 11.6 Å². The number of benzene rings is 7. The molecule has 0 aliphatic heterocycles. The molecule has 0 saturated heterocycles. The minimum Gasteiger partial charge on any atom is -0.456 e. The van der Waals surface area contributed by atoms with E-state index in [0.717, 1.165) is 70.5 Å². The molecular formula is C45H25BrN4OS. The fraction of sp³-hybridized carbons (Fsp3) is 0. The zero-order valence-electron chi connectivity index (χ0n) is 27.4. The fourth-order valence-electron chi connectivity index (χ4n) is 7.53. The number of aromatic nitrogens is 4. The molecule has 0 saturated carbocycles. The first kappa shape index (κ1) is 29.6. The van der Waals surface area contributed by atoms with Crippen molar-refractivity contribution < 1.29 is 4.42 Å². The summed E-state index contributed by atoms with van der Waals surface area (Å²) in [6.45, 7) is 0. The molecule has 4 aromatic heterocycles. The third-order valence-electron chi connectivity index (χ3n) is 9.94. The first-order chi connectivity index (χ1) is 25.7. The lowest BCUT2D eigenvalue weighted by Gasteiger charge is -2.11. The molecule has 7 heteroatoms. The average Bonchev–Trinajstić information content (AvgIpc) is 3.88. The van der Waals surface area contributed by atoms with Crippen LogP contribution in [0.25, 0.3) is 104 Å². The van der Waals surface area contributed by atoms with Crippen molar-refractivity contribution in [3.05, 3.63) is 156 Å². The number of furan rings is 1. The maximum Gasteiger partial charge on any atom is 0.238 e. The Morgan fingerprint density at radius 3 is 1.94 bits per heavy atom. The van der Waals surface area contributed by atoms with Gasteiger partial charge in [0.05, 0.1) is 15.7 Å². The molecule has 11 aromatic rings. The van der Waals surface area contributed by atoms with Crippen molar-refractivity contribution in [2.45, 2.75) is 0 Å². The molecule has 0 radical (unpaired) electrons. The summed E-state index contributed by atoms with van der Waals surface area (Å²) < 4.78 is 11.9. The molecule has 244 valence electrons. The molecule has 0 fully saturated rings. The highest BCUT2D eigenvalue weighted by Crippen LogP contribution is 2.44. The molecule has 0 aliphatic carbocycles. The summed E-state index contributed by atoms with van der Waals surface area (Å²) in [5.41, 5.74) is 7.98. The van der Waals surface area contributed by atoms with Crippen molar-refractivity contribution in [1.82, 2.24) is 19.5 Å². The zero-order valence-corrected chi connectivity index (χ0v) is 29.8. The highest BCUT2D eigenvalue weighted by atomic mass is 79.9. The van der Waals surface area contributed by atoms with E-state index in [0.29, 0.717) is 17.6 Å². The molecule has 0 spiro atoms. The van der Waals surface area contributed by atoms with E-state index in [1.54, 1.807) is 0 Å². The standard InChI is InChI=1S/C45H25BrN4OS/c46-35-15-9-16-38-40(35)34-25-29(19-23-37(34)51-38)28-18-22-36-33(24-28)31-20-21-32-30-14-7-8-17-39(30)52-42(32)41(31)50(36)45-48-43(26-10-3-1-4-11-26)47-44(49-45)27-12-5-2-6-13-27/h1-25H. The van der Waals surface area contributed by atoms with Crippen LogP contribution in [0.2, 0.25) is 0 Å². The molecule has 52 heavy (non-hydrogen) atoms. The van der Waals surface area contributed by atoms with Gasteiger partial charge in [-0.3, -0.25) is 4.57 Å². The predicted octanol–water partition coefficient (Wildman–Crippen LogP) is 13.0. The lowest BCUT2D eigenvalue weighted by molar-refractivity contribution is 0.669. The second-order valence-corrected chi connectivity index (χ2v) is 14.9. The summed E-state index contributed by atoms with van der Waals surface area (Å²) in [4.78, 5) is 15.4. The van der Waals surface area contributed by atoms with Gasteiger partial charge in [-0.2, -0.15) is 9.97 Å². The Labute approximate surface area is 309 Å². The molecule has 0 unspecified atom stereocenters. The summed E-state index contributed by atoms with van der Waals surface area (Å²) in [5, 5.41) is 6.92. The number of nitrogens with zero attached hydrogens (tertiary/aromatic N) is 4. The monoisotopic (exact) mass is 748 g/mol. The van der Waals surface area contributed by atoms with Crippen molar-refractivity contribution >= 4 is 91.2 Å². The summed E-state index contributed by atoms with van der Waals surface area (Å²) in [6.07, 6.45) is 0. The lowest BCUT2D eigenvalue weighted by atomic mass is 10.0. The molecule has 0 aliphatic rings. The maximum atomic E-state index is 6.20. The summed E-state index contributed by atoms with van der Waals surface area (Å²) in [6, 6.07) is 52.8. The summed E-state index contributed by atoms with van der Waals surface area (Å²) in [7, 11) is 0. The van der Waals surface area contributed by atoms with Crippen molar-refractivity contribution in [2.24, 2.45) is 0 Å². The number of thiophene rings is 1. The predicted molar refractivity (Wildman–Crippen MR) is 218 cm³/mol. The van der Waals surface area contributed by atoms with Crippen molar-refractivity contribution in [1.29, 1.82) is 0 Å². The van der Waals surface area contributed by atoms with Crippen molar-refractivity contribution in [2.75, 3.05) is 0 Å². The van der Waals surface area contributed by atoms with Crippen LogP contribution in [-0.4, -0.2) is 19.5 Å². The van der Waals surface area contributed by atoms with E-state index in [1.165, 1.54) is 20.2 Å². The van der Waals surface area contributed by atoms with E-state index in [4.69, 9.17) is 19.4 Å². The smallest absolute Gasteiger partial charge is 0.238 e. The van der Waals surface area contributed by atoms with Gasteiger partial charge in [-0.05, 0) is 53.6 Å². The van der Waals surface area contributed by atoms with Crippen LogP contribution in [0.1, 0.15) is 0 Å². The number of halogens is 1. The topological polar surface area (TPSA) is 56.7 Å². The Kier molecular flexibility index (Phi) is 6.50. The quantitative estimate of drug-likeness (QED) is 0.180. The fourth-order valence-corrected chi connectivity index (χ4v) is 9.33. The molecule has 4 heterocycles. The van der Waals surface area contributed by atoms with Gasteiger partial charge in [-0.15, -0.1) is 11.3 Å². The first-order valence-corrected chi connectivity index (χ1v) is 18.7. The highest BCUT2D eigenvalue weighted by Gasteiger charge is 2.22. The van der Waals surface area contributed by atoms with Crippen molar-refractivity contribution in [3.8, 4) is 39.9 Å². The number of hydrogen-bond donors (Lipinski definition) is 0. The first-order valence-electron chi connectivity index (χ1n) is 17.0. The Bertz CT molecular complexity index is 3140. The molecule has 0 bridgehead atoms. The van der Waals surface area contributed by atoms with Crippen LogP contribution in [0.15, 0.2) is 161 Å². The SMILES string of the molecule is Brc1cccc2oc3ccc(-c4ccc5c(c4)c4ccc6c7ccccc7sc6c4n5-c4nc(-c5ccccc5)nc(-c5ccccc5)n4)cc3c12. The van der Waals surface area contributed by atoms with Crippen LogP contribution in [0, 0.1) is 0 Å². The van der Waals surface area contributed by atoms with Gasteiger partial charge in [-0.25, -0.2) is 4.98 Å². The summed E-state index contributed by atoms with van der Waals surface area (Å²) in [5.74, 6) is 1.85. The van der Waals surface area contributed by atoms with E-state index in [1.807, 2.05) is 59.9 Å². The van der Waals surface area contributed by atoms with Gasteiger partial charge < -0.3 is 4.42 Å². The Hall–Kier alpha value is -6.15. The van der Waals surface area contributed by atoms with E-state index in [2.05, 4.69) is 124 Å². The molecular weight excluding hydrogens is 724 g/mol. The van der Waals surface area contributed by atoms with Gasteiger partial charge >= 0.3 is 0 Å². The zero-order chi connectivity index (χ0) is 34.3. The molecule has 0 amide bonds. The number of fused-ring (bicyclic) bond motifs is 10. The van der Waals surface area contributed by atoms with Crippen LogP contribution in [0.3, 0.4) is 0 Å². The second kappa shape index (κ2) is 11.4. The van der Waals surface area contributed by atoms with Gasteiger partial charge in [-0.1, -0.05) is 125 Å². The van der Waals surface area contributed by atoms with Gasteiger partial charge in [0.25, 0.3) is 0 Å². The molecule has 11 rings (SSSR count). The van der Waals surface area contributed by atoms with E-state index in [9.17, 15) is 0 Å². The van der Waals surface area contributed by atoms with Gasteiger partial charge in [0.2, 0.25) is 5.95 Å². The Morgan fingerprint density at radius 2 is 1.17 bits per heavy atom. The van der Waals surface area contributed by atoms with Crippen LogP contribution >= 0.6 is 27.3 Å². The van der Waals surface area contributed by atoms with Gasteiger partial charge in [0.1, 0.15) is 11.2 Å². The minimum atomic E-state index is 0.585. The van der Waals surface area contributed by atoms with Crippen LogP contribution in [0.4, 0.5) is 0 Å². The third kappa shape index (κ3) is 4.49. The minimum absolute atomic E-state index is 0.585. The van der Waals surface area contributed by atoms with E-state index in [-0.39, 0.29) is 0 Å². The molecule has 7 aromatic carbocycles. The lowest BCUT2D eigenvalue weighted by Crippen LogP contribution is -2.06. The third-order valence-corrected chi connectivity index (χ3v) is 11.8. The van der Waals surface area contributed by atoms with Gasteiger partial charge in [0, 0.05) is 52.6 Å². The molecule has 0 N–H and O–H groups in total. The van der Waals surface area contributed by atoms with Crippen LogP contribution < -0.4 is 0 Å². The van der Waals surface area contributed by atoms with E-state index < -0.39 is 0 Å². The average molecular weight is 750 g/mol. The normalized spacial score (nSPS) is 11.9. The van der Waals surface area contributed by atoms with E-state index >= 15 is 0 Å². The summed E-state index contributed by atoms with van der Waals surface area (Å²) >= 11 is 5.57.